The highest BCUT2D eigenvalue weighted by molar-refractivity contribution is 6.06. The number of carbonyl (C=O) groups is 4. The summed E-state index contributed by atoms with van der Waals surface area (Å²) in [7, 11) is 0. The van der Waals surface area contributed by atoms with Crippen molar-refractivity contribution in [3.63, 3.8) is 0 Å². The van der Waals surface area contributed by atoms with Crippen LogP contribution < -0.4 is 16.0 Å². The molecule has 4 amide bonds. The molecule has 35 heavy (non-hydrogen) atoms. The zero-order valence-corrected chi connectivity index (χ0v) is 19.7. The fraction of sp³-hybridized carbons (Fsp3) is 0.407. The maximum Gasteiger partial charge on any atom is 0.255 e. The van der Waals surface area contributed by atoms with Gasteiger partial charge in [-0.05, 0) is 67.9 Å². The molecule has 3 aliphatic heterocycles. The van der Waals surface area contributed by atoms with Crippen LogP contribution in [0.2, 0.25) is 0 Å². The molecule has 2 fully saturated rings. The van der Waals surface area contributed by atoms with Crippen molar-refractivity contribution in [3.8, 4) is 0 Å². The summed E-state index contributed by atoms with van der Waals surface area (Å²) in [6.45, 7) is 2.25. The molecule has 8 heteroatoms. The molecule has 0 radical (unpaired) electrons. The molecule has 1 unspecified atom stereocenters. The van der Waals surface area contributed by atoms with Gasteiger partial charge in [-0.25, -0.2) is 0 Å². The number of piperidine rings is 2. The molecule has 0 saturated carbocycles. The van der Waals surface area contributed by atoms with Crippen LogP contribution in [0.5, 0.6) is 0 Å². The van der Waals surface area contributed by atoms with Gasteiger partial charge >= 0.3 is 0 Å². The van der Waals surface area contributed by atoms with Gasteiger partial charge in [0.15, 0.2) is 0 Å². The van der Waals surface area contributed by atoms with E-state index in [4.69, 9.17) is 5.73 Å². The zero-order valence-electron chi connectivity index (χ0n) is 19.7. The van der Waals surface area contributed by atoms with Gasteiger partial charge in [-0.1, -0.05) is 18.2 Å². The van der Waals surface area contributed by atoms with E-state index >= 15 is 0 Å². The molecule has 3 aliphatic rings. The number of nitrogens with two attached hydrogens (primary N) is 1. The number of carbonyl (C=O) groups excluding carboxylic acids is 4. The summed E-state index contributed by atoms with van der Waals surface area (Å²) >= 11 is 0. The molecule has 0 spiro atoms. The fourth-order valence-corrected chi connectivity index (χ4v) is 5.53. The number of nitrogens with one attached hydrogen (secondary N) is 1. The van der Waals surface area contributed by atoms with Gasteiger partial charge in [0.2, 0.25) is 17.7 Å². The lowest BCUT2D eigenvalue weighted by molar-refractivity contribution is -0.136. The third kappa shape index (κ3) is 4.65. The lowest BCUT2D eigenvalue weighted by Gasteiger charge is -2.35. The molecule has 5 rings (SSSR count). The maximum absolute atomic E-state index is 13.1. The second kappa shape index (κ2) is 9.52. The summed E-state index contributed by atoms with van der Waals surface area (Å²) in [5.74, 6) is -0.567. The van der Waals surface area contributed by atoms with E-state index in [-0.39, 0.29) is 24.1 Å². The van der Waals surface area contributed by atoms with E-state index < -0.39 is 11.9 Å². The molecular formula is C27H30N4O4. The number of primary amides is 1. The van der Waals surface area contributed by atoms with E-state index in [0.29, 0.717) is 30.0 Å². The van der Waals surface area contributed by atoms with E-state index in [1.165, 1.54) is 5.56 Å². The Morgan fingerprint density at radius 2 is 1.74 bits per heavy atom. The summed E-state index contributed by atoms with van der Waals surface area (Å²) in [5, 5.41) is 2.37. The summed E-state index contributed by atoms with van der Waals surface area (Å²) in [5.41, 5.74) is 9.78. The van der Waals surface area contributed by atoms with Crippen LogP contribution in [0, 0.1) is 5.92 Å². The fourth-order valence-electron chi connectivity index (χ4n) is 5.53. The first kappa shape index (κ1) is 23.1. The van der Waals surface area contributed by atoms with Crippen LogP contribution in [-0.4, -0.2) is 47.7 Å². The van der Waals surface area contributed by atoms with Crippen molar-refractivity contribution in [2.75, 3.05) is 18.0 Å². The van der Waals surface area contributed by atoms with E-state index in [1.54, 1.807) is 17.0 Å². The third-order valence-corrected chi connectivity index (χ3v) is 7.59. The summed E-state index contributed by atoms with van der Waals surface area (Å²) in [6, 6.07) is 12.8. The Labute approximate surface area is 204 Å². The van der Waals surface area contributed by atoms with Gasteiger partial charge < -0.3 is 15.5 Å². The Kier molecular flexibility index (Phi) is 6.28. The quantitative estimate of drug-likeness (QED) is 0.625. The van der Waals surface area contributed by atoms with E-state index in [0.717, 1.165) is 50.0 Å². The highest BCUT2D eigenvalue weighted by Gasteiger charge is 2.40. The van der Waals surface area contributed by atoms with Crippen LogP contribution in [0.1, 0.15) is 63.9 Å². The van der Waals surface area contributed by atoms with Crippen molar-refractivity contribution >= 4 is 29.3 Å². The topological polar surface area (TPSA) is 113 Å². The Morgan fingerprint density at radius 3 is 2.43 bits per heavy atom. The number of nitrogens with zero attached hydrogens (tertiary/aromatic N) is 2. The number of fused-ring (bicyclic) bond motifs is 1. The number of aryl methyl sites for hydroxylation is 1. The van der Waals surface area contributed by atoms with Crippen LogP contribution >= 0.6 is 0 Å². The van der Waals surface area contributed by atoms with Gasteiger partial charge in [0, 0.05) is 48.4 Å². The monoisotopic (exact) mass is 474 g/mol. The number of hydrogen-bond acceptors (Lipinski definition) is 5. The van der Waals surface area contributed by atoms with Crippen LogP contribution in [0.25, 0.3) is 0 Å². The average molecular weight is 475 g/mol. The third-order valence-electron chi connectivity index (χ3n) is 7.59. The molecule has 1 atom stereocenters. The van der Waals surface area contributed by atoms with E-state index in [9.17, 15) is 19.2 Å². The molecular weight excluding hydrogens is 444 g/mol. The summed E-state index contributed by atoms with van der Waals surface area (Å²) < 4.78 is 0. The van der Waals surface area contributed by atoms with Crippen LogP contribution in [0.15, 0.2) is 42.5 Å². The second-order valence-corrected chi connectivity index (χ2v) is 9.73. The number of anilines is 1. The maximum atomic E-state index is 13.1. The molecule has 0 aromatic heterocycles. The number of benzene rings is 2. The minimum absolute atomic E-state index is 0.131. The Morgan fingerprint density at radius 1 is 1.00 bits per heavy atom. The number of hydrogen-bond donors (Lipinski definition) is 2. The van der Waals surface area contributed by atoms with Crippen LogP contribution in [0.4, 0.5) is 5.69 Å². The first-order valence-electron chi connectivity index (χ1n) is 12.3. The predicted molar refractivity (Wildman–Crippen MR) is 131 cm³/mol. The lowest BCUT2D eigenvalue weighted by Crippen LogP contribution is -2.52. The van der Waals surface area contributed by atoms with Gasteiger partial charge in [-0.15, -0.1) is 0 Å². The first-order chi connectivity index (χ1) is 16.9. The van der Waals surface area contributed by atoms with Gasteiger partial charge in [0.05, 0.1) is 0 Å². The molecule has 8 nitrogen and oxygen atoms in total. The lowest BCUT2D eigenvalue weighted by atomic mass is 9.90. The second-order valence-electron chi connectivity index (χ2n) is 9.73. The zero-order chi connectivity index (χ0) is 24.5. The van der Waals surface area contributed by atoms with Gasteiger partial charge in [0.25, 0.3) is 5.91 Å². The minimum Gasteiger partial charge on any atom is -0.371 e. The molecule has 3 heterocycles. The normalized spacial score (nSPS) is 20.7. The van der Waals surface area contributed by atoms with Crippen LogP contribution in [-0.2, 0) is 22.6 Å². The van der Waals surface area contributed by atoms with Crippen molar-refractivity contribution in [1.82, 2.24) is 10.2 Å². The van der Waals surface area contributed by atoms with E-state index in [1.807, 2.05) is 24.3 Å². The summed E-state index contributed by atoms with van der Waals surface area (Å²) in [6.07, 6.45) is 4.85. The smallest absolute Gasteiger partial charge is 0.255 e. The van der Waals surface area contributed by atoms with Crippen molar-refractivity contribution in [2.24, 2.45) is 11.7 Å². The molecule has 182 valence electrons. The van der Waals surface area contributed by atoms with Crippen LogP contribution in [0.3, 0.4) is 0 Å². The van der Waals surface area contributed by atoms with Crippen molar-refractivity contribution in [1.29, 1.82) is 0 Å². The standard InChI is InChI=1S/C27H30N4O4/c28-25(33)19-8-6-17(7-9-19)4-5-18-12-14-30(15-13-18)22-3-1-2-20-21(22)16-31(27(20)35)23-10-11-24(32)29-26(23)34/h1-3,6-9,18,23H,4-5,10-16H2,(H2,28,33)(H,29,32,34). The average Bonchev–Trinajstić information content (AvgIpc) is 3.19. The van der Waals surface area contributed by atoms with Gasteiger partial charge in [-0.2, -0.15) is 0 Å². The Bertz CT molecular complexity index is 1170. The molecule has 2 aromatic rings. The predicted octanol–water partition coefficient (Wildman–Crippen LogP) is 2.40. The Balaban J connectivity index is 1.20. The molecule has 0 bridgehead atoms. The number of amides is 4. The first-order valence-corrected chi connectivity index (χ1v) is 12.3. The Hall–Kier alpha value is -3.68. The molecule has 2 aromatic carbocycles. The molecule has 0 aliphatic carbocycles. The molecule has 3 N–H and O–H groups in total. The SMILES string of the molecule is NC(=O)c1ccc(CCC2CCN(c3cccc4c3CN(C3CCC(=O)NC3=O)C4=O)CC2)cc1. The highest BCUT2D eigenvalue weighted by atomic mass is 16.2. The van der Waals surface area contributed by atoms with Crippen molar-refractivity contribution in [2.45, 2.75) is 51.1 Å². The largest absolute Gasteiger partial charge is 0.371 e. The summed E-state index contributed by atoms with van der Waals surface area (Å²) in [4.78, 5) is 52.2. The van der Waals surface area contributed by atoms with Gasteiger partial charge in [-0.3, -0.25) is 24.5 Å². The minimum atomic E-state index is -0.594. The highest BCUT2D eigenvalue weighted by Crippen LogP contribution is 2.36. The van der Waals surface area contributed by atoms with E-state index in [2.05, 4.69) is 16.3 Å². The number of rotatable bonds is 6. The van der Waals surface area contributed by atoms with Crippen molar-refractivity contribution in [3.05, 3.63) is 64.7 Å². The molecule has 2 saturated heterocycles. The van der Waals surface area contributed by atoms with Gasteiger partial charge in [0.1, 0.15) is 6.04 Å². The number of imide groups is 1. The van der Waals surface area contributed by atoms with Crippen molar-refractivity contribution < 1.29 is 19.2 Å².